The fraction of sp³-hybridized carbons (Fsp3) is 0.333. The normalized spacial score (nSPS) is 13.8. The zero-order valence-corrected chi connectivity index (χ0v) is 15.0. The van der Waals surface area contributed by atoms with Crippen LogP contribution in [-0.4, -0.2) is 33.0 Å². The molecule has 1 N–H and O–H groups in total. The fourth-order valence-electron chi connectivity index (χ4n) is 1.43. The van der Waals surface area contributed by atoms with Crippen molar-refractivity contribution in [3.63, 3.8) is 0 Å². The summed E-state index contributed by atoms with van der Waals surface area (Å²) in [5.74, 6) is 0.307. The molecule has 10 heteroatoms. The van der Waals surface area contributed by atoms with E-state index in [1.807, 2.05) is 30.1 Å². The van der Waals surface area contributed by atoms with Crippen molar-refractivity contribution in [2.45, 2.75) is 0 Å². The molecule has 2 aromatic rings. The standard InChI is InChI=1S/C9H12N3O3PS2.Na/c1-12(4-5-17-16(13,14)15)7-2-3-8-9(6-7)11-18-10-8;/h2-3,6H,4-5H2,1H3,(H2,13,14,15);/q;+1/p-1. The Bertz CT molecular complexity index is 591. The molecule has 0 fully saturated rings. The fourth-order valence-corrected chi connectivity index (χ4v) is 3.47. The van der Waals surface area contributed by atoms with Crippen LogP contribution in [0.25, 0.3) is 11.0 Å². The monoisotopic (exact) mass is 327 g/mol. The number of anilines is 1. The van der Waals surface area contributed by atoms with Crippen molar-refractivity contribution in [2.24, 2.45) is 0 Å². The molecule has 0 aliphatic heterocycles. The number of benzene rings is 1. The summed E-state index contributed by atoms with van der Waals surface area (Å²) in [5.41, 5.74) is 2.62. The molecule has 2 rings (SSSR count). The number of fused-ring (bicyclic) bond motifs is 1. The molecule has 0 saturated carbocycles. The summed E-state index contributed by atoms with van der Waals surface area (Å²) in [7, 11) is 1.86. The summed E-state index contributed by atoms with van der Waals surface area (Å²) in [6.45, 7) is -3.71. The topological polar surface area (TPSA) is 89.4 Å². The van der Waals surface area contributed by atoms with Gasteiger partial charge in [0.2, 0.25) is 0 Å². The Labute approximate surface area is 141 Å². The predicted octanol–water partition coefficient (Wildman–Crippen LogP) is -1.67. The zero-order chi connectivity index (χ0) is 13.2. The number of aromatic nitrogens is 2. The maximum Gasteiger partial charge on any atom is 1.00 e. The average Bonchev–Trinajstić information content (AvgIpc) is 2.73. The van der Waals surface area contributed by atoms with Gasteiger partial charge in [0.25, 0.3) is 0 Å². The van der Waals surface area contributed by atoms with E-state index in [2.05, 4.69) is 8.75 Å². The zero-order valence-electron chi connectivity index (χ0n) is 10.5. The minimum Gasteiger partial charge on any atom is -0.770 e. The van der Waals surface area contributed by atoms with Gasteiger partial charge in [-0.05, 0) is 18.2 Å². The first-order chi connectivity index (χ1) is 8.46. The Morgan fingerprint density at radius 1 is 1.47 bits per heavy atom. The number of nitrogens with zero attached hydrogens (tertiary/aromatic N) is 3. The van der Waals surface area contributed by atoms with Crippen molar-refractivity contribution in [1.82, 2.24) is 8.75 Å². The van der Waals surface area contributed by atoms with Gasteiger partial charge in [-0.2, -0.15) is 8.75 Å². The molecule has 0 radical (unpaired) electrons. The molecule has 0 aliphatic carbocycles. The second-order valence-electron chi connectivity index (χ2n) is 3.66. The summed E-state index contributed by atoms with van der Waals surface area (Å²) < 4.78 is 18.9. The Morgan fingerprint density at radius 3 is 2.84 bits per heavy atom. The average molecular weight is 327 g/mol. The molecule has 0 spiro atoms. The van der Waals surface area contributed by atoms with E-state index >= 15 is 0 Å². The minimum atomic E-state index is -4.22. The molecule has 0 amide bonds. The molecule has 1 atom stereocenters. The van der Waals surface area contributed by atoms with E-state index < -0.39 is 6.80 Å². The molecule has 19 heavy (non-hydrogen) atoms. The molecular formula is C9H11N3NaO3PS2. The van der Waals surface area contributed by atoms with Crippen LogP contribution in [0, 0.1) is 0 Å². The molecule has 0 aliphatic rings. The van der Waals surface area contributed by atoms with E-state index in [1.54, 1.807) is 0 Å². The van der Waals surface area contributed by atoms with Crippen LogP contribution in [0.3, 0.4) is 0 Å². The van der Waals surface area contributed by atoms with Gasteiger partial charge in [0.05, 0.1) is 11.7 Å². The van der Waals surface area contributed by atoms with E-state index in [0.29, 0.717) is 23.7 Å². The third-order valence-electron chi connectivity index (χ3n) is 2.36. The third-order valence-corrected chi connectivity index (χ3v) is 5.13. The van der Waals surface area contributed by atoms with Gasteiger partial charge < -0.3 is 14.7 Å². The third kappa shape index (κ3) is 5.32. The molecule has 6 nitrogen and oxygen atoms in total. The van der Waals surface area contributed by atoms with Crippen LogP contribution in [0.2, 0.25) is 0 Å². The molecule has 0 bridgehead atoms. The van der Waals surface area contributed by atoms with Gasteiger partial charge in [-0.15, -0.1) is 0 Å². The van der Waals surface area contributed by atoms with Gasteiger partial charge >= 0.3 is 29.6 Å². The van der Waals surface area contributed by atoms with Crippen LogP contribution >= 0.6 is 29.9 Å². The maximum absolute atomic E-state index is 10.6. The second-order valence-corrected chi connectivity index (χ2v) is 7.95. The number of hydrogen-bond acceptors (Lipinski definition) is 7. The Kier molecular flexibility index (Phi) is 6.75. The summed E-state index contributed by atoms with van der Waals surface area (Å²) >= 11 is 1.71. The minimum absolute atomic E-state index is 0. The van der Waals surface area contributed by atoms with E-state index in [0.717, 1.165) is 28.4 Å². The van der Waals surface area contributed by atoms with Crippen LogP contribution in [0.1, 0.15) is 0 Å². The van der Waals surface area contributed by atoms with Crippen molar-refractivity contribution >= 4 is 46.6 Å². The largest absolute Gasteiger partial charge is 1.00 e. The van der Waals surface area contributed by atoms with E-state index in [9.17, 15) is 9.46 Å². The summed E-state index contributed by atoms with van der Waals surface area (Å²) in [6, 6.07) is 5.69. The molecule has 98 valence electrons. The predicted molar refractivity (Wildman–Crippen MR) is 73.0 cm³/mol. The van der Waals surface area contributed by atoms with E-state index in [-0.39, 0.29) is 29.6 Å². The SMILES string of the molecule is CN(CCSP(=O)([O-])O)c1ccc2nsnc2c1.[Na+]. The number of hydrogen-bond donors (Lipinski definition) is 1. The summed E-state index contributed by atoms with van der Waals surface area (Å²) in [5, 5.41) is 0. The van der Waals surface area contributed by atoms with E-state index in [1.165, 1.54) is 0 Å². The first kappa shape index (κ1) is 17.4. The Balaban J connectivity index is 0.00000180. The quantitative estimate of drug-likeness (QED) is 0.518. The van der Waals surface area contributed by atoms with Crippen molar-refractivity contribution in [1.29, 1.82) is 0 Å². The Morgan fingerprint density at radius 2 is 2.16 bits per heavy atom. The molecule has 1 unspecified atom stereocenters. The van der Waals surface area contributed by atoms with E-state index in [4.69, 9.17) is 4.89 Å². The number of rotatable bonds is 5. The summed E-state index contributed by atoms with van der Waals surface area (Å²) in [6.07, 6.45) is 0. The van der Waals surface area contributed by atoms with Gasteiger partial charge in [0.15, 0.2) is 6.80 Å². The van der Waals surface area contributed by atoms with Crippen molar-refractivity contribution in [2.75, 3.05) is 24.2 Å². The smallest absolute Gasteiger partial charge is 0.770 e. The van der Waals surface area contributed by atoms with Crippen molar-refractivity contribution in [3.05, 3.63) is 18.2 Å². The Hall–Kier alpha value is 0.340. The first-order valence-electron chi connectivity index (χ1n) is 5.07. The van der Waals surface area contributed by atoms with Crippen LogP contribution in [0.15, 0.2) is 18.2 Å². The maximum atomic E-state index is 10.6. The van der Waals surface area contributed by atoms with Gasteiger partial charge in [-0.3, -0.25) is 4.57 Å². The molecule has 1 heterocycles. The molecule has 1 aromatic carbocycles. The molecular weight excluding hydrogens is 316 g/mol. The van der Waals surface area contributed by atoms with Gasteiger partial charge in [0.1, 0.15) is 11.0 Å². The summed E-state index contributed by atoms with van der Waals surface area (Å²) in [4.78, 5) is 21.1. The molecule has 1 aromatic heterocycles. The van der Waals surface area contributed by atoms with Crippen LogP contribution in [0.5, 0.6) is 0 Å². The van der Waals surface area contributed by atoms with Crippen molar-refractivity contribution in [3.8, 4) is 0 Å². The van der Waals surface area contributed by atoms with Gasteiger partial charge in [-0.1, -0.05) is 11.4 Å². The van der Waals surface area contributed by atoms with Gasteiger partial charge in [0, 0.05) is 25.0 Å². The molecule has 0 saturated heterocycles. The van der Waals surface area contributed by atoms with Crippen molar-refractivity contribution < 1.29 is 43.9 Å². The van der Waals surface area contributed by atoms with Gasteiger partial charge in [-0.25, -0.2) is 0 Å². The van der Waals surface area contributed by atoms with Crippen LogP contribution in [-0.2, 0) is 4.57 Å². The van der Waals surface area contributed by atoms with Crippen LogP contribution in [0.4, 0.5) is 5.69 Å². The second kappa shape index (κ2) is 7.38. The first-order valence-corrected chi connectivity index (χ1v) is 8.97. The van der Waals surface area contributed by atoms with Crippen LogP contribution < -0.4 is 39.4 Å².